The average Bonchev–Trinajstić information content (AvgIpc) is 0.923. The monoisotopic (exact) mass is 2060 g/mol. The van der Waals surface area contributed by atoms with Crippen LogP contribution >= 0.6 is 0 Å². The van der Waals surface area contributed by atoms with E-state index in [1.807, 2.05) is 218 Å². The lowest BCUT2D eigenvalue weighted by Gasteiger charge is -2.09. The van der Waals surface area contributed by atoms with Gasteiger partial charge in [-0.2, -0.15) is 0 Å². The minimum atomic E-state index is -0.889. The Balaban J connectivity index is 0.000000804. The zero-order valence-electron chi connectivity index (χ0n) is 93.6. The van der Waals surface area contributed by atoms with Crippen molar-refractivity contribution >= 4 is 5.78 Å². The Kier molecular flexibility index (Phi) is 71.8. The first-order valence-corrected chi connectivity index (χ1v) is 50.4. The van der Waals surface area contributed by atoms with Crippen LogP contribution < -0.4 is 42.6 Å². The summed E-state index contributed by atoms with van der Waals surface area (Å²) in [5.74, 6) is 4.25. The minimum Gasteiger partial charge on any atom is -0.497 e. The fourth-order valence-electron chi connectivity index (χ4n) is 12.0. The van der Waals surface area contributed by atoms with Gasteiger partial charge in [-0.1, -0.05) is 247 Å². The van der Waals surface area contributed by atoms with E-state index in [4.69, 9.17) is 42.6 Å². The van der Waals surface area contributed by atoms with E-state index in [1.54, 1.807) is 91.5 Å². The van der Waals surface area contributed by atoms with E-state index in [0.717, 1.165) is 157 Å². The quantitative estimate of drug-likeness (QED) is 0.0451. The Labute approximate surface area is 892 Å². The van der Waals surface area contributed by atoms with Gasteiger partial charge < -0.3 is 47.4 Å². The number of methoxy groups -OCH3 is 4. The van der Waals surface area contributed by atoms with E-state index >= 15 is 0 Å². The van der Waals surface area contributed by atoms with Crippen molar-refractivity contribution < 1.29 is 87.3 Å². The van der Waals surface area contributed by atoms with Crippen LogP contribution in [0.25, 0.3) is 0 Å². The van der Waals surface area contributed by atoms with Crippen LogP contribution in [0.1, 0.15) is 188 Å². The summed E-state index contributed by atoms with van der Waals surface area (Å²) in [6, 6.07) is 102. The molecule has 0 amide bonds. The number of hydrogen-bond acceptors (Lipinski definition) is 11. The zero-order valence-corrected chi connectivity index (χ0v) is 93.6. The minimum absolute atomic E-state index is 0.0203. The highest BCUT2D eigenvalue weighted by Gasteiger charge is 2.08. The number of rotatable bonds is 23. The molecule has 0 aromatic heterocycles. The summed E-state index contributed by atoms with van der Waals surface area (Å²) in [6.45, 7) is 52.4. The second kappa shape index (κ2) is 80.6. The Hall–Kier alpha value is -14.4. The van der Waals surface area contributed by atoms with Crippen molar-refractivity contribution in [2.45, 2.75) is 205 Å². The molecule has 15 aromatic carbocycles. The van der Waals surface area contributed by atoms with Crippen molar-refractivity contribution in [3.05, 3.63) is 481 Å². The lowest BCUT2D eigenvalue weighted by atomic mass is 10.0. The maximum atomic E-state index is 12.8. The first-order valence-electron chi connectivity index (χ1n) is 50.4. The van der Waals surface area contributed by atoms with Crippen molar-refractivity contribution in [3.8, 4) is 51.7 Å². The predicted octanol–water partition coefficient (Wildman–Crippen LogP) is 36.3. The van der Waals surface area contributed by atoms with Gasteiger partial charge in [-0.15, -0.1) is 0 Å². The number of para-hydroxylation sites is 3. The second-order valence-electron chi connectivity index (χ2n) is 35.1. The topological polar surface area (TPSA) is 109 Å². The van der Waals surface area contributed by atoms with Gasteiger partial charge in [0.1, 0.15) is 63.6 Å². The molecule has 0 saturated carbocycles. The smallest absolute Gasteiger partial charge is 0.165 e. The van der Waals surface area contributed by atoms with Crippen molar-refractivity contribution in [2.24, 2.45) is 5.92 Å². The summed E-state index contributed by atoms with van der Waals surface area (Å²) < 4.78 is 151. The van der Waals surface area contributed by atoms with E-state index < -0.39 is 23.3 Å². The van der Waals surface area contributed by atoms with E-state index in [1.165, 1.54) is 106 Å². The predicted molar refractivity (Wildman–Crippen MR) is 607 cm³/mol. The van der Waals surface area contributed by atoms with Crippen LogP contribution in [0.4, 0.5) is 35.1 Å². The van der Waals surface area contributed by atoms with Crippen LogP contribution in [-0.2, 0) is 17.8 Å². The fourth-order valence-corrected chi connectivity index (χ4v) is 12.0. The number of ketones is 1. The molecule has 0 aliphatic rings. The van der Waals surface area contributed by atoms with Gasteiger partial charge in [0.25, 0.3) is 0 Å². The molecular formula is C131H162F8O11. The van der Waals surface area contributed by atoms with Gasteiger partial charge in [0.2, 0.25) is 0 Å². The fraction of sp³-hybridized carbons (Fsp3) is 0.305. The van der Waals surface area contributed by atoms with Gasteiger partial charge in [0, 0.05) is 24.3 Å². The highest BCUT2D eigenvalue weighted by Crippen LogP contribution is 2.28. The summed E-state index contributed by atoms with van der Waals surface area (Å²) in [5, 5.41) is 0. The van der Waals surface area contributed by atoms with Gasteiger partial charge >= 0.3 is 0 Å². The van der Waals surface area contributed by atoms with Gasteiger partial charge in [0.05, 0.1) is 67.6 Å². The number of aryl methyl sites for hydroxylation is 14. The Bertz CT molecular complexity index is 5870. The zero-order chi connectivity index (χ0) is 112. The summed E-state index contributed by atoms with van der Waals surface area (Å²) in [6.07, 6.45) is 4.14. The molecule has 0 heterocycles. The van der Waals surface area contributed by atoms with Crippen molar-refractivity contribution in [2.75, 3.05) is 61.5 Å². The van der Waals surface area contributed by atoms with Crippen LogP contribution in [-0.4, -0.2) is 73.4 Å². The van der Waals surface area contributed by atoms with E-state index in [2.05, 4.69) is 155 Å². The van der Waals surface area contributed by atoms with E-state index in [9.17, 15) is 39.9 Å². The number of carbonyl (C=O) groups excluding carboxylic acids is 1. The maximum Gasteiger partial charge on any atom is 0.165 e. The van der Waals surface area contributed by atoms with Gasteiger partial charge in [-0.3, -0.25) is 4.79 Å². The third-order valence-electron chi connectivity index (χ3n) is 20.9. The first-order chi connectivity index (χ1) is 71.6. The molecule has 15 rings (SSSR count). The summed E-state index contributed by atoms with van der Waals surface area (Å²) in [7, 11) is 6.35. The second-order valence-corrected chi connectivity index (χ2v) is 35.1. The number of hydrogen-bond donors (Lipinski definition) is 0. The summed E-state index contributed by atoms with van der Waals surface area (Å²) in [5.41, 5.74) is 18.8. The molecule has 0 radical (unpaired) electrons. The van der Waals surface area contributed by atoms with Crippen LogP contribution in [0.2, 0.25) is 0 Å². The number of halogens is 8. The Morgan fingerprint density at radius 2 is 0.707 bits per heavy atom. The molecular weight excluding hydrogens is 1900 g/mol. The van der Waals surface area contributed by atoms with Crippen LogP contribution in [0.3, 0.4) is 0 Å². The molecule has 0 fully saturated rings. The highest BCUT2D eigenvalue weighted by atomic mass is 19.2. The van der Waals surface area contributed by atoms with Crippen molar-refractivity contribution in [1.82, 2.24) is 0 Å². The van der Waals surface area contributed by atoms with Gasteiger partial charge in [-0.25, -0.2) is 35.1 Å². The molecule has 808 valence electrons. The third-order valence-corrected chi connectivity index (χ3v) is 20.9. The van der Waals surface area contributed by atoms with Crippen LogP contribution in [0.15, 0.2) is 340 Å². The number of benzene rings is 15. The molecule has 0 aliphatic heterocycles. The molecule has 0 unspecified atom stereocenters. The average molecular weight is 2060 g/mol. The SMILES string of the molecule is CC(C)COc1ccccc1.CC(C)Oc1ccccc1F.CCCOc1ccc(C)cc1.CCCOc1cccc(C)c1.CCCOc1ccccc1.CCOCc1ccccc1.CCc1ccccc1C(C)=O.COc1ccc(C)c(C)c1.COc1ccc(C)cc1OC.COc1ccc(F)c(F)c1.Cc1cc(F)cc(F)c1.Cc1ccc(C)c(C)c1.Cc1ccc(F)cc1C.Cc1cccc(F)c1C.Cc1ccccc1F. The van der Waals surface area contributed by atoms with E-state index in [0.29, 0.717) is 28.5 Å². The largest absolute Gasteiger partial charge is 0.497 e. The summed E-state index contributed by atoms with van der Waals surface area (Å²) >= 11 is 0. The molecule has 15 aromatic rings. The van der Waals surface area contributed by atoms with Crippen molar-refractivity contribution in [3.63, 3.8) is 0 Å². The number of ether oxygens (including phenoxy) is 10. The standard InChI is InChI=1S/2C10H14O.C10H12O.C10H14O.C9H11FO.C9H12O2.3C9H12O.C9H12.2C8H9F.C7H6F2O.C7H6F2.C7H7F/c1-9(2)8-11-10-6-4-3-5-7-10;1-3-8-11-10-6-4-9(2)5-7-10;1-3-9-6-4-5-7-10(9)8(2)11;1-3-7-11-10-6-4-5-9(2)8-10;1-7(2)11-9-6-4-3-5-8(9)10;1-7-4-5-8(10-2)9(6-7)11-3;1-7-4-5-9(10-3)6-8(7)2;1-2-10-8-9-6-4-3-5-7-9;1-2-8-10-9-6-4-3-5-7-9;1-7-4-5-8(2)9(3)6-7;1-6-3-4-8(9)5-7(6)2;1-6-4-3-5-8(9)7(6)2;1-10-5-2-3-6(8)7(9)4-5;1-5-2-6(8)4-7(9)3-5;1-6-4-2-3-5-7(6)8/h3-7,9H,8H2,1-2H3;4-7H,3,8H2,1-2H3;4-7H,3H2,1-2H3;4-6,8H,3,7H2,1-2H3;3-7H,1-2H3;4-6H,1-3H3;4-6H,1-3H3;2*3-7H,2,8H2,1H3;4-6H,1-3H3;2*3-5H,1-2H3;2-4H,1H3;2-4H,1H3;2-5H,1H3. The Morgan fingerprint density at radius 1 is 0.280 bits per heavy atom. The Morgan fingerprint density at radius 3 is 1.15 bits per heavy atom. The lowest BCUT2D eigenvalue weighted by Crippen LogP contribution is -2.06. The lowest BCUT2D eigenvalue weighted by molar-refractivity contribution is 0.101. The summed E-state index contributed by atoms with van der Waals surface area (Å²) in [4.78, 5) is 11.0. The molecule has 0 saturated heterocycles. The third kappa shape index (κ3) is 63.3. The van der Waals surface area contributed by atoms with Crippen molar-refractivity contribution in [1.29, 1.82) is 0 Å². The molecule has 0 aliphatic carbocycles. The molecule has 150 heavy (non-hydrogen) atoms. The van der Waals surface area contributed by atoms with Gasteiger partial charge in [0.15, 0.2) is 40.5 Å². The molecule has 0 bridgehead atoms. The number of Topliss-reactive ketones (excluding diaryl/α,β-unsaturated/α-hetero) is 1. The molecule has 0 N–H and O–H groups in total. The van der Waals surface area contributed by atoms with Crippen LogP contribution in [0.5, 0.6) is 51.7 Å². The number of carbonyl (C=O) groups is 1. The normalized spacial score (nSPS) is 9.64. The molecule has 0 spiro atoms. The first kappa shape index (κ1) is 134. The van der Waals surface area contributed by atoms with E-state index in [-0.39, 0.29) is 35.2 Å². The molecule has 11 nitrogen and oxygen atoms in total. The highest BCUT2D eigenvalue weighted by molar-refractivity contribution is 5.95. The molecule has 19 heteroatoms. The maximum absolute atomic E-state index is 12.8. The van der Waals surface area contributed by atoms with Gasteiger partial charge in [-0.05, 0) is 368 Å². The van der Waals surface area contributed by atoms with Crippen LogP contribution in [0, 0.1) is 149 Å². The molecule has 0 atom stereocenters.